The first-order valence-corrected chi connectivity index (χ1v) is 16.1. The number of rotatable bonds is 7. The highest BCUT2D eigenvalue weighted by Crippen LogP contribution is 1.96. The molecule has 0 saturated carbocycles. The third kappa shape index (κ3) is 137. The van der Waals surface area contributed by atoms with Gasteiger partial charge in [0.25, 0.3) is 10.1 Å². The van der Waals surface area contributed by atoms with Crippen LogP contribution in [-0.4, -0.2) is 86.8 Å². The van der Waals surface area contributed by atoms with Crippen molar-refractivity contribution >= 4 is 49.6 Å². The van der Waals surface area contributed by atoms with Crippen molar-refractivity contribution in [1.29, 1.82) is 0 Å². The van der Waals surface area contributed by atoms with Gasteiger partial charge in [-0.25, -0.2) is 16.8 Å². The third-order valence-corrected chi connectivity index (χ3v) is 4.34. The van der Waals surface area contributed by atoms with Gasteiger partial charge < -0.3 is 14.9 Å². The molecule has 31 heavy (non-hydrogen) atoms. The van der Waals surface area contributed by atoms with E-state index in [1.165, 1.54) is 7.11 Å². The van der Waals surface area contributed by atoms with Gasteiger partial charge in [0.15, 0.2) is 0 Å². The molecule has 0 spiro atoms. The van der Waals surface area contributed by atoms with Gasteiger partial charge in [-0.2, -0.15) is 8.42 Å². The molecule has 0 fully saturated rings. The second-order valence-electron chi connectivity index (χ2n) is 4.77. The van der Waals surface area contributed by atoms with Crippen molar-refractivity contribution in [3.8, 4) is 0 Å². The number of hydrogen-bond acceptors (Lipinski definition) is 10. The highest BCUT2D eigenvalue weighted by molar-refractivity contribution is 8.13. The lowest BCUT2D eigenvalue weighted by Crippen LogP contribution is -2.05. The molecule has 198 valence electrons. The number of aliphatic hydroxyl groups excluding tert-OH is 2. The highest BCUT2D eigenvalue weighted by Gasteiger charge is 2.03. The largest absolute Gasteiger partial charge is 0.397 e. The zero-order chi connectivity index (χ0) is 26.6. The molecule has 0 amide bonds. The lowest BCUT2D eigenvalue weighted by molar-refractivity contribution is 0.162. The molecule has 0 radical (unpaired) electrons. The maximum absolute atomic E-state index is 10.4. The number of ether oxygens (including phenoxy) is 1. The fourth-order valence-electron chi connectivity index (χ4n) is 0.781. The summed E-state index contributed by atoms with van der Waals surface area (Å²) in [6, 6.07) is 0. The van der Waals surface area contributed by atoms with Crippen LogP contribution in [0.1, 0.15) is 54.4 Å². The SMILES string of the molecule is CCCS(=O)(=O)Cl.CCCS(=O)(=O)OC.CCO.CCO.CCOCC.CS(=O)(=O)Cl. The smallest absolute Gasteiger partial charge is 0.267 e. The molecule has 0 aliphatic rings. The minimum Gasteiger partial charge on any atom is -0.397 e. The van der Waals surface area contributed by atoms with Gasteiger partial charge in [0, 0.05) is 47.8 Å². The predicted octanol–water partition coefficient (Wildman–Crippen LogP) is 2.56. The Morgan fingerprint density at radius 2 is 0.968 bits per heavy atom. The van der Waals surface area contributed by atoms with E-state index in [1.807, 2.05) is 13.8 Å². The van der Waals surface area contributed by atoms with Crippen molar-refractivity contribution in [3.63, 3.8) is 0 Å². The van der Waals surface area contributed by atoms with E-state index in [2.05, 4.69) is 14.9 Å². The fourth-order valence-corrected chi connectivity index (χ4v) is 2.40. The summed E-state index contributed by atoms with van der Waals surface area (Å²) in [6.45, 7) is 13.1. The van der Waals surface area contributed by atoms with Crippen molar-refractivity contribution in [2.75, 3.05) is 51.3 Å². The van der Waals surface area contributed by atoms with Gasteiger partial charge >= 0.3 is 0 Å². The van der Waals surface area contributed by atoms with Crippen LogP contribution in [-0.2, 0) is 37.1 Å². The van der Waals surface area contributed by atoms with E-state index in [0.717, 1.165) is 19.5 Å². The molecule has 0 aromatic carbocycles. The predicted molar refractivity (Wildman–Crippen MR) is 129 cm³/mol. The van der Waals surface area contributed by atoms with Gasteiger partial charge in [0.2, 0.25) is 18.1 Å². The minimum absolute atomic E-state index is 0.0779. The zero-order valence-corrected chi connectivity index (χ0v) is 23.8. The Labute approximate surface area is 199 Å². The molecule has 15 heteroatoms. The van der Waals surface area contributed by atoms with Crippen LogP contribution in [0.15, 0.2) is 0 Å². The maximum Gasteiger partial charge on any atom is 0.267 e. The lowest BCUT2D eigenvalue weighted by Gasteiger charge is -1.94. The molecule has 0 atom stereocenters. The van der Waals surface area contributed by atoms with Crippen LogP contribution < -0.4 is 0 Å². The molecule has 0 aliphatic heterocycles. The van der Waals surface area contributed by atoms with Crippen LogP contribution in [0.3, 0.4) is 0 Å². The van der Waals surface area contributed by atoms with Crippen molar-refractivity contribution in [1.82, 2.24) is 0 Å². The fraction of sp³-hybridized carbons (Fsp3) is 1.00. The van der Waals surface area contributed by atoms with Gasteiger partial charge in [-0.15, -0.1) is 0 Å². The molecule has 0 unspecified atom stereocenters. The van der Waals surface area contributed by atoms with Crippen LogP contribution in [0.4, 0.5) is 0 Å². The van der Waals surface area contributed by atoms with E-state index < -0.39 is 28.2 Å². The molecule has 0 aromatic heterocycles. The quantitative estimate of drug-likeness (QED) is 0.349. The molecule has 0 aromatic rings. The first kappa shape index (κ1) is 44.9. The topological polar surface area (TPSA) is 161 Å². The third-order valence-electron chi connectivity index (χ3n) is 1.56. The molecule has 0 heterocycles. The molecule has 0 bridgehead atoms. The molecule has 2 N–H and O–H groups in total. The number of aliphatic hydroxyl groups is 2. The first-order chi connectivity index (χ1) is 13.9. The van der Waals surface area contributed by atoms with Gasteiger partial charge in [-0.1, -0.05) is 13.8 Å². The molecule has 0 saturated heterocycles. The Kier molecular flexibility index (Phi) is 47.0. The summed E-state index contributed by atoms with van der Waals surface area (Å²) in [7, 11) is 0.913. The second-order valence-corrected chi connectivity index (χ2v) is 12.6. The van der Waals surface area contributed by atoms with Gasteiger partial charge in [0.1, 0.15) is 0 Å². The van der Waals surface area contributed by atoms with Crippen LogP contribution in [0.25, 0.3) is 0 Å². The van der Waals surface area contributed by atoms with E-state index in [0.29, 0.717) is 12.8 Å². The second kappa shape index (κ2) is 32.4. The van der Waals surface area contributed by atoms with Crippen molar-refractivity contribution in [3.05, 3.63) is 0 Å². The Hall–Kier alpha value is 0.270. The molecular weight excluding hydrogens is 519 g/mol. The van der Waals surface area contributed by atoms with E-state index in [4.69, 9.17) is 25.6 Å². The van der Waals surface area contributed by atoms with Crippen LogP contribution in [0.5, 0.6) is 0 Å². The first-order valence-electron chi connectivity index (χ1n) is 9.32. The van der Waals surface area contributed by atoms with Gasteiger partial charge in [0.05, 0.1) is 24.9 Å². The molecular formula is C16H42Cl2O10S3. The standard InChI is InChI=1S/C4H10O3S.C4H10O.C3H7ClO2S.2C2H6O.CH3ClO2S/c1-3-4-8(5,6)7-2;1-3-5-4-2;1-2-3-7(4,5)6;2*1-2-3;1-5(2,3)4/h3-4H2,1-2H3;3-4H2,1-2H3;2-3H2,1H3;2*3H,2H2,1H3;1H3. The summed E-state index contributed by atoms with van der Waals surface area (Å²) in [6.07, 6.45) is 2.12. The summed E-state index contributed by atoms with van der Waals surface area (Å²) >= 11 is 0. The van der Waals surface area contributed by atoms with Crippen LogP contribution in [0.2, 0.25) is 0 Å². The van der Waals surface area contributed by atoms with E-state index in [1.54, 1.807) is 27.7 Å². The Balaban J connectivity index is -0.0000000628. The van der Waals surface area contributed by atoms with E-state index in [9.17, 15) is 25.3 Å². The Bertz CT molecular complexity index is 596. The number of halogens is 2. The molecule has 0 aliphatic carbocycles. The normalized spacial score (nSPS) is 10.1. The number of hydrogen-bond donors (Lipinski definition) is 2. The summed E-state index contributed by atoms with van der Waals surface area (Å²) in [5.74, 6) is 0.193. The van der Waals surface area contributed by atoms with Crippen molar-refractivity contribution in [2.45, 2.75) is 54.4 Å². The van der Waals surface area contributed by atoms with Crippen molar-refractivity contribution < 1.29 is 44.4 Å². The van der Waals surface area contributed by atoms with E-state index in [-0.39, 0.29) is 24.7 Å². The lowest BCUT2D eigenvalue weighted by atomic mass is 10.6. The zero-order valence-electron chi connectivity index (χ0n) is 19.8. The van der Waals surface area contributed by atoms with Crippen molar-refractivity contribution in [2.24, 2.45) is 0 Å². The Morgan fingerprint density at radius 3 is 1.00 bits per heavy atom. The summed E-state index contributed by atoms with van der Waals surface area (Å²) in [5.41, 5.74) is 0. The molecule has 10 nitrogen and oxygen atoms in total. The monoisotopic (exact) mass is 560 g/mol. The van der Waals surface area contributed by atoms with Gasteiger partial charge in [-0.05, 0) is 40.5 Å². The summed E-state index contributed by atoms with van der Waals surface area (Å²) < 4.78 is 68.5. The van der Waals surface area contributed by atoms with Crippen LogP contribution >= 0.6 is 21.4 Å². The maximum atomic E-state index is 10.4. The summed E-state index contributed by atoms with van der Waals surface area (Å²) in [5, 5.41) is 15.1. The average molecular weight is 562 g/mol. The molecule has 0 rings (SSSR count). The minimum atomic E-state index is -3.20. The average Bonchev–Trinajstić information content (AvgIpc) is 2.55. The summed E-state index contributed by atoms with van der Waals surface area (Å²) in [4.78, 5) is 0. The Morgan fingerprint density at radius 1 is 0.710 bits per heavy atom. The van der Waals surface area contributed by atoms with E-state index >= 15 is 0 Å². The van der Waals surface area contributed by atoms with Crippen LogP contribution in [0, 0.1) is 0 Å². The highest BCUT2D eigenvalue weighted by atomic mass is 35.7. The van der Waals surface area contributed by atoms with Gasteiger partial charge in [-0.3, -0.25) is 4.18 Å².